The zero-order chi connectivity index (χ0) is 37.9. The normalized spacial score (nSPS) is 19.9. The molecule has 12 N–H and O–H groups in total. The number of phosphoric ester groups is 1. The van der Waals surface area contributed by atoms with E-state index in [1.807, 2.05) is 36.4 Å². The van der Waals surface area contributed by atoms with Gasteiger partial charge >= 0.3 is 0 Å². The highest BCUT2D eigenvalue weighted by atomic mass is 31.2. The van der Waals surface area contributed by atoms with E-state index in [1.54, 1.807) is 0 Å². The van der Waals surface area contributed by atoms with Crippen LogP contribution in [0.5, 0.6) is 0 Å². The molecule has 53 heavy (non-hydrogen) atoms. The SMILES string of the molecule is Nc1ccc2cc3ccc(N)cc3[n+](CCCC(=O)NCCCCCCNc3nc4c(=O)[nH]c(N)nc4n3[C@@H]3O[C@H](COP(=O)([O-])O)[C@@H](O)[C@H]3O)c2c1. The lowest BCUT2D eigenvalue weighted by molar-refractivity contribution is -0.645. The number of H-pyrrole nitrogens is 1. The Morgan fingerprint density at radius 2 is 1.64 bits per heavy atom. The van der Waals surface area contributed by atoms with Gasteiger partial charge in [-0.3, -0.25) is 23.7 Å². The predicted octanol–water partition coefficient (Wildman–Crippen LogP) is 0.126. The molecule has 0 aliphatic carbocycles. The Morgan fingerprint density at radius 3 is 2.30 bits per heavy atom. The van der Waals surface area contributed by atoms with Crippen molar-refractivity contribution in [2.24, 2.45) is 0 Å². The smallest absolute Gasteiger partial charge is 0.280 e. The molecular weight excluding hydrogens is 711 g/mol. The second-order valence-electron chi connectivity index (χ2n) is 13.0. The standard InChI is InChI=1S/C33H43N10O9P/c34-20-9-7-18-14-19-8-10-21(35)16-23(19)42(22(18)15-20)13-5-6-25(44)37-11-3-1-2-4-12-38-33-39-26-29(40-32(36)41-30(26)47)43(33)31-28(46)27(45)24(52-31)17-51-53(48,49)50/h7-10,14-16,24,27-28,31,45-46H,1-6,11-13,17H2,(H10,34,35,36,37,38,39,40,41,44,47,48,49,50)/t24-,27-,28-,31-/m1/s1. The molecule has 284 valence electrons. The quantitative estimate of drug-likeness (QED) is 0.0213. The number of aromatic nitrogens is 5. The van der Waals surface area contributed by atoms with Crippen molar-refractivity contribution in [2.45, 2.75) is 69.6 Å². The molecule has 4 heterocycles. The molecule has 5 aromatic rings. The number of carbonyl (C=O) groups is 1. The third-order valence-electron chi connectivity index (χ3n) is 9.06. The summed E-state index contributed by atoms with van der Waals surface area (Å²) < 4.78 is 24.5. The molecule has 19 nitrogen and oxygen atoms in total. The van der Waals surface area contributed by atoms with Crippen LogP contribution in [0, 0.1) is 0 Å². The van der Waals surface area contributed by atoms with Gasteiger partial charge < -0.3 is 57.1 Å². The fourth-order valence-corrected chi connectivity index (χ4v) is 6.84. The van der Waals surface area contributed by atoms with E-state index >= 15 is 0 Å². The first kappa shape index (κ1) is 37.9. The number of carbonyl (C=O) groups excluding carboxylic acids is 1. The van der Waals surface area contributed by atoms with Crippen LogP contribution in [0.2, 0.25) is 0 Å². The van der Waals surface area contributed by atoms with Crippen molar-refractivity contribution >= 4 is 70.0 Å². The molecule has 5 atom stereocenters. The van der Waals surface area contributed by atoms with Crippen LogP contribution in [-0.4, -0.2) is 78.5 Å². The maximum absolute atomic E-state index is 12.7. The average Bonchev–Trinajstić information content (AvgIpc) is 3.60. The lowest BCUT2D eigenvalue weighted by Crippen LogP contribution is -2.36. The van der Waals surface area contributed by atoms with Gasteiger partial charge in [-0.2, -0.15) is 9.55 Å². The van der Waals surface area contributed by atoms with Crippen molar-refractivity contribution in [1.82, 2.24) is 24.8 Å². The van der Waals surface area contributed by atoms with Crippen LogP contribution in [-0.2, 0) is 25.2 Å². The Hall–Kier alpha value is -4.88. The highest BCUT2D eigenvalue weighted by Crippen LogP contribution is 2.37. The number of unbranched alkanes of at least 4 members (excludes halogenated alkanes) is 3. The van der Waals surface area contributed by atoms with Crippen molar-refractivity contribution in [3.63, 3.8) is 0 Å². The number of nitrogen functional groups attached to an aromatic ring is 3. The van der Waals surface area contributed by atoms with Crippen LogP contribution < -0.4 is 42.9 Å². The number of aliphatic hydroxyl groups excluding tert-OH is 2. The average molecular weight is 755 g/mol. The Labute approximate surface area is 302 Å². The van der Waals surface area contributed by atoms with Gasteiger partial charge in [-0.1, -0.05) is 12.8 Å². The van der Waals surface area contributed by atoms with E-state index in [0.717, 1.165) is 41.1 Å². The topological polar surface area (TPSA) is 306 Å². The fourth-order valence-electron chi connectivity index (χ4n) is 6.50. The van der Waals surface area contributed by atoms with E-state index in [1.165, 1.54) is 4.57 Å². The Morgan fingerprint density at radius 1 is 0.981 bits per heavy atom. The molecule has 2 aromatic carbocycles. The molecule has 1 amide bonds. The first-order valence-corrected chi connectivity index (χ1v) is 18.7. The molecule has 3 aromatic heterocycles. The number of pyridine rings is 1. The van der Waals surface area contributed by atoms with Crippen LogP contribution in [0.25, 0.3) is 33.0 Å². The van der Waals surface area contributed by atoms with E-state index in [4.69, 9.17) is 26.8 Å². The summed E-state index contributed by atoms with van der Waals surface area (Å²) >= 11 is 0. The summed E-state index contributed by atoms with van der Waals surface area (Å²) in [5.41, 5.74) is 20.4. The third-order valence-corrected chi connectivity index (χ3v) is 9.53. The van der Waals surface area contributed by atoms with Crippen LogP contribution in [0.15, 0.2) is 47.3 Å². The molecule has 0 saturated carbocycles. The minimum Gasteiger partial charge on any atom is -0.756 e. The van der Waals surface area contributed by atoms with E-state index in [2.05, 4.69) is 40.7 Å². The second kappa shape index (κ2) is 16.0. The Balaban J connectivity index is 0.972. The molecule has 1 aliphatic heterocycles. The molecule has 0 radical (unpaired) electrons. The zero-order valence-corrected chi connectivity index (χ0v) is 29.6. The number of phosphoric acid groups is 1. The summed E-state index contributed by atoms with van der Waals surface area (Å²) in [6.45, 7) is 0.758. The summed E-state index contributed by atoms with van der Waals surface area (Å²) in [5, 5.41) is 29.5. The second-order valence-corrected chi connectivity index (χ2v) is 14.2. The molecular formula is C33H43N10O9P. The highest BCUT2D eigenvalue weighted by Gasteiger charge is 2.46. The number of hydrogen-bond donors (Lipinski definition) is 9. The number of amides is 1. The van der Waals surface area contributed by atoms with Crippen molar-refractivity contribution in [2.75, 3.05) is 42.2 Å². The number of nitrogens with zero attached hydrogens (tertiary/aromatic N) is 4. The van der Waals surface area contributed by atoms with Gasteiger partial charge in [-0.15, -0.1) is 0 Å². The monoisotopic (exact) mass is 754 g/mol. The predicted molar refractivity (Wildman–Crippen MR) is 194 cm³/mol. The first-order chi connectivity index (χ1) is 25.3. The van der Waals surface area contributed by atoms with E-state index in [-0.39, 0.29) is 29.0 Å². The number of rotatable bonds is 16. The molecule has 1 fully saturated rings. The van der Waals surface area contributed by atoms with Crippen LogP contribution in [0.3, 0.4) is 0 Å². The summed E-state index contributed by atoms with van der Waals surface area (Å²) in [6, 6.07) is 13.7. The van der Waals surface area contributed by atoms with Gasteiger partial charge in [0.2, 0.25) is 28.8 Å². The number of anilines is 4. The number of benzene rings is 2. The van der Waals surface area contributed by atoms with Crippen molar-refractivity contribution in [1.29, 1.82) is 0 Å². The van der Waals surface area contributed by atoms with Gasteiger partial charge in [0.15, 0.2) is 17.4 Å². The number of ether oxygens (including phenoxy) is 1. The van der Waals surface area contributed by atoms with Gasteiger partial charge in [-0.05, 0) is 43.2 Å². The number of hydrogen-bond acceptors (Lipinski definition) is 14. The fraction of sp³-hybridized carbons (Fsp3) is 0.424. The lowest BCUT2D eigenvalue weighted by atomic mass is 10.1. The molecule has 0 spiro atoms. The first-order valence-electron chi connectivity index (χ1n) is 17.2. The van der Waals surface area contributed by atoms with E-state index in [0.29, 0.717) is 50.3 Å². The highest BCUT2D eigenvalue weighted by molar-refractivity contribution is 7.44. The molecule has 20 heteroatoms. The van der Waals surface area contributed by atoms with Gasteiger partial charge in [-0.25, -0.2) is 4.98 Å². The number of imidazole rings is 1. The summed E-state index contributed by atoms with van der Waals surface area (Å²) in [6.07, 6.45) is -1.90. The number of aromatic amines is 1. The van der Waals surface area contributed by atoms with Crippen molar-refractivity contribution in [3.05, 3.63) is 52.8 Å². The Kier molecular flexibility index (Phi) is 11.4. The maximum atomic E-state index is 12.7. The number of nitrogens with two attached hydrogens (primary N) is 3. The van der Waals surface area contributed by atoms with Crippen molar-refractivity contribution in [3.8, 4) is 0 Å². The minimum atomic E-state index is -5.13. The maximum Gasteiger partial charge on any atom is 0.280 e. The van der Waals surface area contributed by atoms with Crippen LogP contribution in [0.1, 0.15) is 44.8 Å². The molecule has 6 rings (SSSR count). The van der Waals surface area contributed by atoms with Crippen LogP contribution >= 0.6 is 7.82 Å². The van der Waals surface area contributed by atoms with Gasteiger partial charge in [0, 0.05) is 60.2 Å². The number of aliphatic hydroxyl groups is 2. The van der Waals surface area contributed by atoms with Gasteiger partial charge in [0.05, 0.1) is 6.61 Å². The summed E-state index contributed by atoms with van der Waals surface area (Å²) in [5.74, 6) is -0.170. The van der Waals surface area contributed by atoms with Crippen LogP contribution in [0.4, 0.5) is 23.3 Å². The van der Waals surface area contributed by atoms with Gasteiger partial charge in [0.25, 0.3) is 13.4 Å². The summed E-state index contributed by atoms with van der Waals surface area (Å²) in [7, 11) is -5.13. The number of nitrogens with one attached hydrogen (secondary N) is 3. The zero-order valence-electron chi connectivity index (χ0n) is 28.7. The van der Waals surface area contributed by atoms with Gasteiger partial charge in [0.1, 0.15) is 24.9 Å². The lowest BCUT2D eigenvalue weighted by Gasteiger charge is -2.21. The third kappa shape index (κ3) is 8.85. The van der Waals surface area contributed by atoms with Crippen molar-refractivity contribution < 1.29 is 43.2 Å². The molecule has 1 saturated heterocycles. The largest absolute Gasteiger partial charge is 0.756 e. The Bertz CT molecular complexity index is 2170. The number of fused-ring (bicyclic) bond motifs is 3. The number of aryl methyl sites for hydroxylation is 1. The molecule has 0 bridgehead atoms. The summed E-state index contributed by atoms with van der Waals surface area (Å²) in [4.78, 5) is 56.0. The molecule has 1 aliphatic rings. The van der Waals surface area contributed by atoms with E-state index in [9.17, 15) is 29.3 Å². The molecule has 1 unspecified atom stereocenters. The minimum absolute atomic E-state index is 0.0346. The van der Waals surface area contributed by atoms with E-state index < -0.39 is 44.5 Å².